The number of aryl methyl sites for hydroxylation is 3. The second kappa shape index (κ2) is 9.23. The molecule has 2 aromatic heterocycles. The maximum atomic E-state index is 5.17. The number of hydrogen-bond donors (Lipinski definition) is 1. The SMILES string of the molecule is CCc1nn(C)c(CC)c1CNC(=NC)N1CCN(Cc2cc(C)on2)CC1. The van der Waals surface area contributed by atoms with Crippen LogP contribution in [0.25, 0.3) is 0 Å². The minimum atomic E-state index is 0.769. The number of aromatic nitrogens is 3. The molecule has 0 aromatic carbocycles. The highest BCUT2D eigenvalue weighted by molar-refractivity contribution is 5.80. The average molecular weight is 388 g/mol. The second-order valence-corrected chi connectivity index (χ2v) is 7.30. The van der Waals surface area contributed by atoms with Gasteiger partial charge >= 0.3 is 0 Å². The molecule has 8 nitrogen and oxygen atoms in total. The first kappa shape index (κ1) is 20.4. The van der Waals surface area contributed by atoms with Crippen molar-refractivity contribution in [1.82, 2.24) is 30.1 Å². The molecule has 0 bridgehead atoms. The van der Waals surface area contributed by atoms with Gasteiger partial charge in [0.2, 0.25) is 0 Å². The van der Waals surface area contributed by atoms with Crippen LogP contribution < -0.4 is 5.32 Å². The molecule has 1 aliphatic rings. The van der Waals surface area contributed by atoms with Gasteiger partial charge in [-0.1, -0.05) is 19.0 Å². The zero-order valence-corrected chi connectivity index (χ0v) is 17.8. The lowest BCUT2D eigenvalue weighted by Crippen LogP contribution is -2.52. The highest BCUT2D eigenvalue weighted by Crippen LogP contribution is 2.16. The fourth-order valence-electron chi connectivity index (χ4n) is 3.93. The van der Waals surface area contributed by atoms with Gasteiger partial charge in [-0.25, -0.2) is 0 Å². The van der Waals surface area contributed by atoms with Gasteiger partial charge in [-0.2, -0.15) is 5.10 Å². The Morgan fingerprint density at radius 2 is 1.96 bits per heavy atom. The van der Waals surface area contributed by atoms with Gasteiger partial charge in [0.05, 0.1) is 11.4 Å². The summed E-state index contributed by atoms with van der Waals surface area (Å²) in [5, 5.41) is 12.3. The van der Waals surface area contributed by atoms with Gasteiger partial charge in [-0.3, -0.25) is 14.6 Å². The van der Waals surface area contributed by atoms with Crippen molar-refractivity contribution in [3.63, 3.8) is 0 Å². The van der Waals surface area contributed by atoms with Crippen LogP contribution in [0.15, 0.2) is 15.6 Å². The maximum absolute atomic E-state index is 5.17. The molecule has 2 aromatic rings. The van der Waals surface area contributed by atoms with Crippen LogP contribution >= 0.6 is 0 Å². The van der Waals surface area contributed by atoms with Gasteiger partial charge < -0.3 is 14.7 Å². The third-order valence-electron chi connectivity index (χ3n) is 5.40. The highest BCUT2D eigenvalue weighted by Gasteiger charge is 2.21. The molecule has 1 saturated heterocycles. The molecule has 1 fully saturated rings. The first-order valence-electron chi connectivity index (χ1n) is 10.2. The lowest BCUT2D eigenvalue weighted by Gasteiger charge is -2.36. The van der Waals surface area contributed by atoms with Crippen LogP contribution in [-0.4, -0.2) is 63.9 Å². The maximum Gasteiger partial charge on any atom is 0.194 e. The van der Waals surface area contributed by atoms with Crippen LogP contribution in [-0.2, 0) is 33.0 Å². The lowest BCUT2D eigenvalue weighted by atomic mass is 10.1. The Balaban J connectivity index is 1.55. The summed E-state index contributed by atoms with van der Waals surface area (Å²) in [5.41, 5.74) is 4.79. The summed E-state index contributed by atoms with van der Waals surface area (Å²) in [6.07, 6.45) is 1.93. The van der Waals surface area contributed by atoms with Crippen molar-refractivity contribution < 1.29 is 4.52 Å². The van der Waals surface area contributed by atoms with E-state index in [9.17, 15) is 0 Å². The molecule has 0 saturated carbocycles. The molecule has 0 atom stereocenters. The first-order valence-corrected chi connectivity index (χ1v) is 10.2. The summed E-state index contributed by atoms with van der Waals surface area (Å²) in [6.45, 7) is 11.8. The van der Waals surface area contributed by atoms with E-state index in [2.05, 4.69) is 44.2 Å². The van der Waals surface area contributed by atoms with Gasteiger partial charge in [-0.15, -0.1) is 0 Å². The van der Waals surface area contributed by atoms with E-state index in [1.807, 2.05) is 31.8 Å². The summed E-state index contributed by atoms with van der Waals surface area (Å²) in [4.78, 5) is 9.26. The Hall–Kier alpha value is -2.35. The fraction of sp³-hybridized carbons (Fsp3) is 0.650. The van der Waals surface area contributed by atoms with E-state index in [0.29, 0.717) is 0 Å². The molecule has 3 rings (SSSR count). The van der Waals surface area contributed by atoms with E-state index in [1.54, 1.807) is 0 Å². The molecule has 1 N–H and O–H groups in total. The van der Waals surface area contributed by atoms with E-state index >= 15 is 0 Å². The van der Waals surface area contributed by atoms with Crippen molar-refractivity contribution in [1.29, 1.82) is 0 Å². The Morgan fingerprint density at radius 1 is 1.21 bits per heavy atom. The number of guanidine groups is 1. The van der Waals surface area contributed by atoms with Gasteiger partial charge in [-0.05, 0) is 19.8 Å². The first-order chi connectivity index (χ1) is 13.5. The molecule has 3 heterocycles. The van der Waals surface area contributed by atoms with Crippen LogP contribution in [0.5, 0.6) is 0 Å². The van der Waals surface area contributed by atoms with Crippen LogP contribution in [0, 0.1) is 6.92 Å². The monoisotopic (exact) mass is 387 g/mol. The molecule has 8 heteroatoms. The number of piperazine rings is 1. The van der Waals surface area contributed by atoms with E-state index < -0.39 is 0 Å². The van der Waals surface area contributed by atoms with Crippen molar-refractivity contribution in [2.75, 3.05) is 33.2 Å². The molecule has 28 heavy (non-hydrogen) atoms. The van der Waals surface area contributed by atoms with Gasteiger partial charge in [0, 0.05) is 70.7 Å². The van der Waals surface area contributed by atoms with E-state index in [0.717, 1.165) is 69.5 Å². The number of hydrogen-bond acceptors (Lipinski definition) is 5. The van der Waals surface area contributed by atoms with Gasteiger partial charge in [0.15, 0.2) is 5.96 Å². The molecular weight excluding hydrogens is 354 g/mol. The minimum absolute atomic E-state index is 0.769. The predicted octanol–water partition coefficient (Wildman–Crippen LogP) is 1.73. The third kappa shape index (κ3) is 4.55. The highest BCUT2D eigenvalue weighted by atomic mass is 16.5. The molecule has 0 amide bonds. The molecule has 1 aliphatic heterocycles. The Kier molecular flexibility index (Phi) is 6.72. The van der Waals surface area contributed by atoms with Gasteiger partial charge in [0.25, 0.3) is 0 Å². The number of nitrogens with one attached hydrogen (secondary N) is 1. The van der Waals surface area contributed by atoms with Crippen molar-refractivity contribution in [2.45, 2.75) is 46.7 Å². The summed E-state index contributed by atoms with van der Waals surface area (Å²) in [5.74, 6) is 1.83. The summed E-state index contributed by atoms with van der Waals surface area (Å²) >= 11 is 0. The normalized spacial score (nSPS) is 16.0. The molecule has 0 aliphatic carbocycles. The largest absolute Gasteiger partial charge is 0.361 e. The smallest absolute Gasteiger partial charge is 0.194 e. The van der Waals surface area contributed by atoms with Gasteiger partial charge in [0.1, 0.15) is 5.76 Å². The quantitative estimate of drug-likeness (QED) is 0.601. The van der Waals surface area contributed by atoms with Crippen molar-refractivity contribution >= 4 is 5.96 Å². The van der Waals surface area contributed by atoms with Crippen LogP contribution in [0.4, 0.5) is 0 Å². The second-order valence-electron chi connectivity index (χ2n) is 7.30. The third-order valence-corrected chi connectivity index (χ3v) is 5.40. The summed E-state index contributed by atoms with van der Waals surface area (Å²) < 4.78 is 7.19. The van der Waals surface area contributed by atoms with E-state index in [-0.39, 0.29) is 0 Å². The standard InChI is InChI=1S/C20H33N7O/c1-6-18-17(19(7-2)25(5)23-18)13-22-20(21-4)27-10-8-26(9-11-27)14-16-12-15(3)28-24-16/h12H,6-11,13-14H2,1-5H3,(H,21,22). The number of rotatable bonds is 6. The Bertz CT molecular complexity index is 800. The minimum Gasteiger partial charge on any atom is -0.361 e. The lowest BCUT2D eigenvalue weighted by molar-refractivity contribution is 0.169. The summed E-state index contributed by atoms with van der Waals surface area (Å²) in [7, 11) is 3.89. The van der Waals surface area contributed by atoms with Crippen LogP contribution in [0.1, 0.15) is 42.3 Å². The fourth-order valence-corrected chi connectivity index (χ4v) is 3.93. The number of nitrogens with zero attached hydrogens (tertiary/aromatic N) is 6. The predicted molar refractivity (Wildman–Crippen MR) is 110 cm³/mol. The molecule has 0 spiro atoms. The van der Waals surface area contributed by atoms with Crippen molar-refractivity contribution in [2.24, 2.45) is 12.0 Å². The Labute approximate surface area is 167 Å². The zero-order chi connectivity index (χ0) is 20.1. The Morgan fingerprint density at radius 3 is 2.54 bits per heavy atom. The molecule has 0 unspecified atom stereocenters. The van der Waals surface area contributed by atoms with Crippen LogP contribution in [0.3, 0.4) is 0 Å². The number of aliphatic imine (C=N–C) groups is 1. The van der Waals surface area contributed by atoms with E-state index in [1.165, 1.54) is 17.0 Å². The summed E-state index contributed by atoms with van der Waals surface area (Å²) in [6, 6.07) is 2.01. The topological polar surface area (TPSA) is 74.7 Å². The van der Waals surface area contributed by atoms with Crippen LogP contribution in [0.2, 0.25) is 0 Å². The average Bonchev–Trinajstić information content (AvgIpc) is 3.25. The molecular formula is C20H33N7O. The van der Waals surface area contributed by atoms with Crippen molar-refractivity contribution in [3.8, 4) is 0 Å². The zero-order valence-electron chi connectivity index (χ0n) is 17.8. The van der Waals surface area contributed by atoms with E-state index in [4.69, 9.17) is 4.52 Å². The molecule has 0 radical (unpaired) electrons. The van der Waals surface area contributed by atoms with Crippen molar-refractivity contribution in [3.05, 3.63) is 34.5 Å². The molecule has 154 valence electrons.